The van der Waals surface area contributed by atoms with E-state index in [-0.39, 0.29) is 23.8 Å². The van der Waals surface area contributed by atoms with E-state index in [9.17, 15) is 14.4 Å². The molecule has 4 amide bonds. The van der Waals surface area contributed by atoms with Crippen LogP contribution >= 0.6 is 0 Å². The van der Waals surface area contributed by atoms with E-state index in [1.807, 2.05) is 19.1 Å². The highest BCUT2D eigenvalue weighted by Gasteiger charge is 2.53. The summed E-state index contributed by atoms with van der Waals surface area (Å²) in [6, 6.07) is 5.58. The molecule has 2 saturated heterocycles. The first-order chi connectivity index (χ1) is 17.1. The van der Waals surface area contributed by atoms with Crippen molar-refractivity contribution in [2.24, 2.45) is 11.3 Å². The van der Waals surface area contributed by atoms with Crippen LogP contribution in [-0.4, -0.2) is 72.5 Å². The summed E-state index contributed by atoms with van der Waals surface area (Å²) in [5.41, 5.74) is 2.20. The summed E-state index contributed by atoms with van der Waals surface area (Å²) >= 11 is 0. The molecule has 3 aliphatic rings. The highest BCUT2D eigenvalue weighted by Crippen LogP contribution is 2.45. The summed E-state index contributed by atoms with van der Waals surface area (Å²) in [7, 11) is 0. The number of rotatable bonds is 7. The van der Waals surface area contributed by atoms with Gasteiger partial charge in [-0.05, 0) is 74.2 Å². The molecular weight excluding hydrogens is 454 g/mol. The third kappa shape index (κ3) is 5.24. The van der Waals surface area contributed by atoms with Crippen molar-refractivity contribution in [2.45, 2.75) is 72.3 Å². The molecule has 36 heavy (non-hydrogen) atoms. The topological polar surface area (TPSA) is 85.0 Å². The number of hydrogen-bond donors (Lipinski definition) is 2. The quantitative estimate of drug-likeness (QED) is 0.557. The first-order valence-electron chi connectivity index (χ1n) is 13.6. The van der Waals surface area contributed by atoms with Gasteiger partial charge in [-0.15, -0.1) is 0 Å². The summed E-state index contributed by atoms with van der Waals surface area (Å²) in [6.45, 7) is 15.8. The number of carbonyl (C=O) groups excluding carboxylic acids is 3. The number of amides is 4. The van der Waals surface area contributed by atoms with Gasteiger partial charge in [0.2, 0.25) is 5.91 Å². The molecule has 3 fully saturated rings. The van der Waals surface area contributed by atoms with Crippen LogP contribution in [0.4, 0.5) is 16.2 Å². The van der Waals surface area contributed by atoms with E-state index in [1.165, 1.54) is 0 Å². The Kier molecular flexibility index (Phi) is 7.64. The minimum absolute atomic E-state index is 0.226. The Morgan fingerprint density at radius 2 is 1.78 bits per heavy atom. The van der Waals surface area contributed by atoms with Gasteiger partial charge in [0.05, 0.1) is 0 Å². The van der Waals surface area contributed by atoms with Crippen LogP contribution in [0.1, 0.15) is 65.4 Å². The molecule has 0 atom stereocenters. The van der Waals surface area contributed by atoms with E-state index in [1.54, 1.807) is 0 Å². The van der Waals surface area contributed by atoms with Gasteiger partial charge < -0.3 is 20.4 Å². The van der Waals surface area contributed by atoms with Crippen LogP contribution in [0.5, 0.6) is 0 Å². The molecule has 2 N–H and O–H groups in total. The zero-order valence-electron chi connectivity index (χ0n) is 22.7. The lowest BCUT2D eigenvalue weighted by atomic mass is 9.65. The number of nitrogens with one attached hydrogen (secondary N) is 2. The number of hydrogen-bond acceptors (Lipinski definition) is 5. The van der Waals surface area contributed by atoms with Crippen LogP contribution in [0.15, 0.2) is 18.2 Å². The average Bonchev–Trinajstić information content (AvgIpc) is 3.09. The third-order valence-corrected chi connectivity index (χ3v) is 9.07. The van der Waals surface area contributed by atoms with Crippen molar-refractivity contribution in [3.63, 3.8) is 0 Å². The second-order valence-electron chi connectivity index (χ2n) is 11.5. The monoisotopic (exact) mass is 497 g/mol. The fraction of sp³-hybridized carbons (Fsp3) is 0.679. The molecule has 1 aromatic carbocycles. The SMILES string of the molecule is CCN1CCN(c2ccc(NC(=O)CN3C(=O)NC4(CCC(C(C)(C)CC)CC4)C3=O)c(C)c2)CC1. The minimum atomic E-state index is -0.850. The van der Waals surface area contributed by atoms with Gasteiger partial charge in [0, 0.05) is 37.6 Å². The van der Waals surface area contributed by atoms with E-state index in [4.69, 9.17) is 0 Å². The van der Waals surface area contributed by atoms with Crippen molar-refractivity contribution < 1.29 is 14.4 Å². The van der Waals surface area contributed by atoms with Crippen molar-refractivity contribution in [3.8, 4) is 0 Å². The van der Waals surface area contributed by atoms with Gasteiger partial charge in [0.25, 0.3) is 5.91 Å². The molecule has 1 spiro atoms. The van der Waals surface area contributed by atoms with Crippen LogP contribution in [0, 0.1) is 18.3 Å². The maximum Gasteiger partial charge on any atom is 0.325 e. The third-order valence-electron chi connectivity index (χ3n) is 9.07. The fourth-order valence-electron chi connectivity index (χ4n) is 5.98. The second kappa shape index (κ2) is 10.4. The molecule has 1 aliphatic carbocycles. The smallest absolute Gasteiger partial charge is 0.325 e. The van der Waals surface area contributed by atoms with Gasteiger partial charge in [-0.1, -0.05) is 34.1 Å². The molecule has 0 bridgehead atoms. The summed E-state index contributed by atoms with van der Waals surface area (Å²) < 4.78 is 0. The Bertz CT molecular complexity index is 991. The molecule has 8 heteroatoms. The molecule has 0 radical (unpaired) electrons. The Hall–Kier alpha value is -2.61. The maximum atomic E-state index is 13.3. The largest absolute Gasteiger partial charge is 0.369 e. The van der Waals surface area contributed by atoms with Gasteiger partial charge in [-0.25, -0.2) is 4.79 Å². The summed E-state index contributed by atoms with van der Waals surface area (Å²) in [6.07, 6.45) is 4.18. The van der Waals surface area contributed by atoms with Gasteiger partial charge >= 0.3 is 6.03 Å². The predicted molar refractivity (Wildman–Crippen MR) is 143 cm³/mol. The molecule has 0 aromatic heterocycles. The average molecular weight is 498 g/mol. The first-order valence-corrected chi connectivity index (χ1v) is 13.6. The molecule has 198 valence electrons. The molecule has 8 nitrogen and oxygen atoms in total. The molecule has 4 rings (SSSR count). The van der Waals surface area contributed by atoms with E-state index in [0.717, 1.165) is 68.1 Å². The second-order valence-corrected chi connectivity index (χ2v) is 11.5. The Morgan fingerprint density at radius 1 is 1.11 bits per heavy atom. The lowest BCUT2D eigenvalue weighted by molar-refractivity contribution is -0.135. The van der Waals surface area contributed by atoms with Crippen LogP contribution in [0.2, 0.25) is 0 Å². The molecule has 1 saturated carbocycles. The number of benzene rings is 1. The van der Waals surface area contributed by atoms with Crippen molar-refractivity contribution in [1.82, 2.24) is 15.1 Å². The zero-order valence-corrected chi connectivity index (χ0v) is 22.7. The number of carbonyl (C=O) groups is 3. The molecular formula is C28H43N5O3. The van der Waals surface area contributed by atoms with E-state index in [2.05, 4.69) is 54.2 Å². The highest BCUT2D eigenvalue weighted by molar-refractivity contribution is 6.10. The maximum absolute atomic E-state index is 13.3. The number of piperazine rings is 1. The lowest BCUT2D eigenvalue weighted by Gasteiger charge is -2.42. The Labute approximate surface area is 215 Å². The molecule has 2 heterocycles. The molecule has 1 aromatic rings. The number of likely N-dealkylation sites (N-methyl/N-ethyl adjacent to an activating group) is 1. The number of nitrogens with zero attached hydrogens (tertiary/aromatic N) is 3. The van der Waals surface area contributed by atoms with Crippen LogP contribution in [0.25, 0.3) is 0 Å². The van der Waals surface area contributed by atoms with Gasteiger partial charge in [-0.3, -0.25) is 14.5 Å². The van der Waals surface area contributed by atoms with Crippen LogP contribution < -0.4 is 15.5 Å². The standard InChI is InChI=1S/C28H43N5O3/c1-6-27(4,5)21-10-12-28(13-11-21)25(35)33(26(36)30-28)19-24(34)29-23-9-8-22(18-20(23)3)32-16-14-31(7-2)15-17-32/h8-9,18,21H,6-7,10-17,19H2,1-5H3,(H,29,34)(H,30,36). The van der Waals surface area contributed by atoms with E-state index >= 15 is 0 Å². The summed E-state index contributed by atoms with van der Waals surface area (Å²) in [5, 5.41) is 5.85. The van der Waals surface area contributed by atoms with Crippen LogP contribution in [-0.2, 0) is 9.59 Å². The van der Waals surface area contributed by atoms with E-state index in [0.29, 0.717) is 24.4 Å². The highest BCUT2D eigenvalue weighted by atomic mass is 16.2. The van der Waals surface area contributed by atoms with Gasteiger partial charge in [0.1, 0.15) is 12.1 Å². The number of aryl methyl sites for hydroxylation is 1. The number of imide groups is 1. The zero-order chi connectivity index (χ0) is 26.1. The fourth-order valence-corrected chi connectivity index (χ4v) is 5.98. The molecule has 2 aliphatic heterocycles. The predicted octanol–water partition coefficient (Wildman–Crippen LogP) is 3.99. The number of anilines is 2. The Morgan fingerprint density at radius 3 is 2.36 bits per heavy atom. The summed E-state index contributed by atoms with van der Waals surface area (Å²) in [4.78, 5) is 44.8. The minimum Gasteiger partial charge on any atom is -0.369 e. The molecule has 0 unspecified atom stereocenters. The Balaban J connectivity index is 1.34. The lowest BCUT2D eigenvalue weighted by Crippen LogP contribution is -2.51. The van der Waals surface area contributed by atoms with Crippen molar-refractivity contribution in [3.05, 3.63) is 23.8 Å². The normalized spacial score (nSPS) is 25.4. The first kappa shape index (κ1) is 26.5. The number of urea groups is 1. The summed E-state index contributed by atoms with van der Waals surface area (Å²) in [5.74, 6) is -0.0749. The van der Waals surface area contributed by atoms with Crippen LogP contribution in [0.3, 0.4) is 0 Å². The van der Waals surface area contributed by atoms with Gasteiger partial charge in [-0.2, -0.15) is 0 Å². The van der Waals surface area contributed by atoms with Crippen molar-refractivity contribution in [1.29, 1.82) is 0 Å². The van der Waals surface area contributed by atoms with Crippen molar-refractivity contribution >= 4 is 29.2 Å². The van der Waals surface area contributed by atoms with Gasteiger partial charge in [0.15, 0.2) is 0 Å². The van der Waals surface area contributed by atoms with Crippen molar-refractivity contribution in [2.75, 3.05) is 49.5 Å². The van der Waals surface area contributed by atoms with E-state index < -0.39 is 11.6 Å².